The van der Waals surface area contributed by atoms with Gasteiger partial charge in [0.2, 0.25) is 0 Å². The molecular weight excluding hydrogens is 433 g/mol. The number of hydrogen-bond donors (Lipinski definition) is 1. The summed E-state index contributed by atoms with van der Waals surface area (Å²) in [7, 11) is 0. The zero-order valence-electron chi connectivity index (χ0n) is 18.4. The van der Waals surface area contributed by atoms with Crippen molar-refractivity contribution in [2.75, 3.05) is 6.54 Å². The van der Waals surface area contributed by atoms with Crippen LogP contribution in [-0.2, 0) is 12.6 Å². The number of benzene rings is 2. The summed E-state index contributed by atoms with van der Waals surface area (Å²) < 4.78 is 44.6. The predicted molar refractivity (Wildman–Crippen MR) is 118 cm³/mol. The van der Waals surface area contributed by atoms with E-state index in [1.807, 2.05) is 26.0 Å². The minimum Gasteiger partial charge on any atom is -0.455 e. The van der Waals surface area contributed by atoms with Gasteiger partial charge >= 0.3 is 6.18 Å². The van der Waals surface area contributed by atoms with Crippen LogP contribution in [0, 0.1) is 13.8 Å². The first-order valence-electron chi connectivity index (χ1n) is 10.2. The van der Waals surface area contributed by atoms with Crippen molar-refractivity contribution in [1.29, 1.82) is 0 Å². The van der Waals surface area contributed by atoms with E-state index in [1.54, 1.807) is 0 Å². The van der Waals surface area contributed by atoms with Crippen molar-refractivity contribution < 1.29 is 27.5 Å². The molecule has 172 valence electrons. The maximum Gasteiger partial charge on any atom is 0.416 e. The number of nitrogens with one attached hydrogen (secondary N) is 1. The number of aryl methyl sites for hydroxylation is 2. The molecule has 33 heavy (non-hydrogen) atoms. The lowest BCUT2D eigenvalue weighted by Crippen LogP contribution is -2.26. The second-order valence-corrected chi connectivity index (χ2v) is 7.69. The normalized spacial score (nSPS) is 11.2. The van der Waals surface area contributed by atoms with E-state index in [2.05, 4.69) is 16.4 Å². The van der Waals surface area contributed by atoms with E-state index in [9.17, 15) is 22.8 Å². The fraction of sp³-hybridized carbons (Fsp3) is 0.240. The number of carbonyl (C=O) groups excluding carboxylic acids is 2. The highest BCUT2D eigenvalue weighted by molar-refractivity contribution is 6.00. The number of pyridine rings is 1. The molecule has 5 nitrogen and oxygen atoms in total. The number of halogens is 3. The summed E-state index contributed by atoms with van der Waals surface area (Å²) in [5.41, 5.74) is 2.51. The topological polar surface area (TPSA) is 68.3 Å². The van der Waals surface area contributed by atoms with Gasteiger partial charge in [-0.15, -0.1) is 0 Å². The van der Waals surface area contributed by atoms with Gasteiger partial charge in [-0.2, -0.15) is 13.2 Å². The average Bonchev–Trinajstić information content (AvgIpc) is 2.75. The molecule has 0 fully saturated rings. The lowest BCUT2D eigenvalue weighted by molar-refractivity contribution is -0.137. The van der Waals surface area contributed by atoms with Gasteiger partial charge in [-0.3, -0.25) is 9.59 Å². The summed E-state index contributed by atoms with van der Waals surface area (Å²) in [6, 6.07) is 11.6. The summed E-state index contributed by atoms with van der Waals surface area (Å²) in [6.07, 6.45) is -2.78. The third-order valence-corrected chi connectivity index (χ3v) is 5.04. The van der Waals surface area contributed by atoms with Gasteiger partial charge in [0.25, 0.3) is 5.91 Å². The molecule has 2 aromatic carbocycles. The SMILES string of the molecule is CC(=O)c1cc(C(=O)NCCc2ccc(C)cc2C)c(Oc2cccc(C(F)(F)F)c2)cn1. The highest BCUT2D eigenvalue weighted by Crippen LogP contribution is 2.33. The molecule has 8 heteroatoms. The molecule has 3 rings (SSSR count). The van der Waals surface area contributed by atoms with Gasteiger partial charge in [0.05, 0.1) is 17.3 Å². The zero-order chi connectivity index (χ0) is 24.2. The van der Waals surface area contributed by atoms with Gasteiger partial charge in [0.15, 0.2) is 11.5 Å². The van der Waals surface area contributed by atoms with Crippen LogP contribution in [0.4, 0.5) is 13.2 Å². The number of carbonyl (C=O) groups is 2. The monoisotopic (exact) mass is 456 g/mol. The second kappa shape index (κ2) is 9.85. The largest absolute Gasteiger partial charge is 0.455 e. The molecule has 0 aliphatic heterocycles. The van der Waals surface area contributed by atoms with Crippen LogP contribution in [0.3, 0.4) is 0 Å². The van der Waals surface area contributed by atoms with Gasteiger partial charge < -0.3 is 10.1 Å². The van der Waals surface area contributed by atoms with E-state index in [0.717, 1.165) is 35.0 Å². The highest BCUT2D eigenvalue weighted by Gasteiger charge is 2.30. The van der Waals surface area contributed by atoms with Crippen LogP contribution in [0.5, 0.6) is 11.5 Å². The lowest BCUT2D eigenvalue weighted by atomic mass is 10.0. The van der Waals surface area contributed by atoms with E-state index in [4.69, 9.17) is 4.74 Å². The first-order valence-corrected chi connectivity index (χ1v) is 10.2. The van der Waals surface area contributed by atoms with Gasteiger partial charge in [-0.1, -0.05) is 29.8 Å². The fourth-order valence-corrected chi connectivity index (χ4v) is 3.29. The molecule has 1 N–H and O–H groups in total. The van der Waals surface area contributed by atoms with Crippen LogP contribution < -0.4 is 10.1 Å². The molecule has 1 heterocycles. The Morgan fingerprint density at radius 1 is 1.06 bits per heavy atom. The molecule has 0 aliphatic rings. The third-order valence-electron chi connectivity index (χ3n) is 5.04. The van der Waals surface area contributed by atoms with Crippen molar-refractivity contribution in [3.8, 4) is 11.5 Å². The summed E-state index contributed by atoms with van der Waals surface area (Å²) in [6.45, 7) is 5.62. The van der Waals surface area contributed by atoms with Crippen LogP contribution in [-0.4, -0.2) is 23.2 Å². The quantitative estimate of drug-likeness (QED) is 0.464. The third kappa shape index (κ3) is 6.19. The summed E-state index contributed by atoms with van der Waals surface area (Å²) >= 11 is 0. The second-order valence-electron chi connectivity index (χ2n) is 7.69. The van der Waals surface area contributed by atoms with Gasteiger partial charge in [0, 0.05) is 13.5 Å². The number of rotatable bonds is 7. The number of ketones is 1. The number of amides is 1. The molecule has 0 spiro atoms. The Balaban J connectivity index is 1.81. The smallest absolute Gasteiger partial charge is 0.416 e. The average molecular weight is 456 g/mol. The maximum absolute atomic E-state index is 13.0. The lowest BCUT2D eigenvalue weighted by Gasteiger charge is -2.14. The Kier molecular flexibility index (Phi) is 7.16. The van der Waals surface area contributed by atoms with Crippen molar-refractivity contribution in [3.63, 3.8) is 0 Å². The molecule has 0 atom stereocenters. The number of Topliss-reactive ketones (excluding diaryl/α,β-unsaturated/α-hetero) is 1. The zero-order valence-corrected chi connectivity index (χ0v) is 18.4. The number of ether oxygens (including phenoxy) is 1. The Morgan fingerprint density at radius 3 is 2.48 bits per heavy atom. The molecule has 1 aromatic heterocycles. The number of aromatic nitrogens is 1. The number of nitrogens with zero attached hydrogens (tertiary/aromatic N) is 1. The Labute approximate surface area is 189 Å². The highest BCUT2D eigenvalue weighted by atomic mass is 19.4. The maximum atomic E-state index is 13.0. The number of alkyl halides is 3. The molecule has 1 amide bonds. The molecule has 0 saturated heterocycles. The van der Waals surface area contributed by atoms with Gasteiger partial charge in [0.1, 0.15) is 11.4 Å². The first kappa shape index (κ1) is 24.0. The molecule has 3 aromatic rings. The van der Waals surface area contributed by atoms with E-state index in [-0.39, 0.29) is 28.5 Å². The van der Waals surface area contributed by atoms with Crippen LogP contribution in [0.15, 0.2) is 54.7 Å². The molecular formula is C25H23F3N2O3. The van der Waals surface area contributed by atoms with Crippen molar-refractivity contribution >= 4 is 11.7 Å². The molecule has 0 radical (unpaired) electrons. The van der Waals surface area contributed by atoms with E-state index < -0.39 is 17.6 Å². The van der Waals surface area contributed by atoms with Gasteiger partial charge in [-0.25, -0.2) is 4.98 Å². The predicted octanol–water partition coefficient (Wildman–Crippen LogP) is 5.68. The minimum atomic E-state index is -4.54. The van der Waals surface area contributed by atoms with Crippen molar-refractivity contribution in [2.45, 2.75) is 33.4 Å². The molecule has 0 bridgehead atoms. The van der Waals surface area contributed by atoms with Crippen LogP contribution >= 0.6 is 0 Å². The Hall–Kier alpha value is -3.68. The molecule has 0 aliphatic carbocycles. The van der Waals surface area contributed by atoms with Crippen molar-refractivity contribution in [3.05, 3.63) is 88.2 Å². The van der Waals surface area contributed by atoms with Crippen LogP contribution in [0.1, 0.15) is 50.0 Å². The summed E-state index contributed by atoms with van der Waals surface area (Å²) in [4.78, 5) is 28.6. The van der Waals surface area contributed by atoms with Crippen molar-refractivity contribution in [1.82, 2.24) is 10.3 Å². The Morgan fingerprint density at radius 2 is 1.82 bits per heavy atom. The van der Waals surface area contributed by atoms with E-state index >= 15 is 0 Å². The number of hydrogen-bond acceptors (Lipinski definition) is 4. The summed E-state index contributed by atoms with van der Waals surface area (Å²) in [5.74, 6) is -1.04. The van der Waals surface area contributed by atoms with E-state index in [1.165, 1.54) is 25.1 Å². The summed E-state index contributed by atoms with van der Waals surface area (Å²) in [5, 5.41) is 2.78. The molecule has 0 unspecified atom stereocenters. The minimum absolute atomic E-state index is 0.00763. The van der Waals surface area contributed by atoms with Crippen LogP contribution in [0.2, 0.25) is 0 Å². The van der Waals surface area contributed by atoms with Gasteiger partial charge in [-0.05, 0) is 55.7 Å². The molecule has 0 saturated carbocycles. The van der Waals surface area contributed by atoms with Crippen molar-refractivity contribution in [2.24, 2.45) is 0 Å². The Bertz CT molecular complexity index is 1190. The van der Waals surface area contributed by atoms with E-state index in [0.29, 0.717) is 13.0 Å². The fourth-order valence-electron chi connectivity index (χ4n) is 3.29. The standard InChI is InChI=1S/C25H23F3N2O3/c1-15-7-8-18(16(2)11-15)9-10-29-24(32)21-13-22(17(3)31)30-14-23(21)33-20-6-4-5-19(12-20)25(26,27)28/h4-8,11-14H,9-10H2,1-3H3,(H,29,32). The first-order chi connectivity index (χ1) is 15.5. The van der Waals surface area contributed by atoms with Crippen LogP contribution in [0.25, 0.3) is 0 Å².